The van der Waals surface area contributed by atoms with Gasteiger partial charge in [0.2, 0.25) is 0 Å². The second kappa shape index (κ2) is 9.46. The Labute approximate surface area is 169 Å². The predicted octanol–water partition coefficient (Wildman–Crippen LogP) is 4.85. The van der Waals surface area contributed by atoms with E-state index in [0.29, 0.717) is 12.4 Å². The van der Waals surface area contributed by atoms with E-state index in [2.05, 4.69) is 47.5 Å². The van der Waals surface area contributed by atoms with Crippen LogP contribution in [0.5, 0.6) is 5.75 Å². The van der Waals surface area contributed by atoms with E-state index in [0.717, 1.165) is 16.0 Å². The van der Waals surface area contributed by atoms with E-state index in [4.69, 9.17) is 9.47 Å². The van der Waals surface area contributed by atoms with E-state index >= 15 is 0 Å². The first-order chi connectivity index (χ1) is 13.6. The molecule has 0 fully saturated rings. The summed E-state index contributed by atoms with van der Waals surface area (Å²) in [5.74, 6) is 0.327. The Hall–Kier alpha value is -2.73. The predicted molar refractivity (Wildman–Crippen MR) is 111 cm³/mol. The number of thioether (sulfide) groups is 1. The fourth-order valence-corrected chi connectivity index (χ4v) is 4.11. The zero-order valence-corrected chi connectivity index (χ0v) is 17.1. The Balaban J connectivity index is 1.78. The van der Waals surface area contributed by atoms with E-state index in [1.807, 2.05) is 31.5 Å². The van der Waals surface area contributed by atoms with Gasteiger partial charge in [0.25, 0.3) is 0 Å². The van der Waals surface area contributed by atoms with Crippen LogP contribution in [0.3, 0.4) is 0 Å². The lowest BCUT2D eigenvalue weighted by molar-refractivity contribution is -0.145. The average Bonchev–Trinajstić information content (AvgIpc) is 3.20. The molecule has 0 aliphatic carbocycles. The van der Waals surface area contributed by atoms with Crippen molar-refractivity contribution in [3.05, 3.63) is 77.1 Å². The van der Waals surface area contributed by atoms with E-state index in [-0.39, 0.29) is 17.8 Å². The van der Waals surface area contributed by atoms with E-state index < -0.39 is 0 Å². The Morgan fingerprint density at radius 2 is 2.04 bits per heavy atom. The van der Waals surface area contributed by atoms with Crippen LogP contribution in [0.2, 0.25) is 0 Å². The second-order valence-corrected chi connectivity index (χ2v) is 7.64. The molecule has 1 atom stereocenters. The Kier molecular flexibility index (Phi) is 6.76. The fraction of sp³-hybridized carbons (Fsp3) is 0.273. The number of ether oxygens (including phenoxy) is 2. The highest BCUT2D eigenvalue weighted by Crippen LogP contribution is 2.41. The van der Waals surface area contributed by atoms with Gasteiger partial charge in [-0.3, -0.25) is 5.10 Å². The molecule has 5 nitrogen and oxygen atoms in total. The number of aryl methyl sites for hydroxylation is 2. The third-order valence-electron chi connectivity index (χ3n) is 4.22. The molecule has 2 aromatic carbocycles. The van der Waals surface area contributed by atoms with Crippen molar-refractivity contribution in [2.75, 3.05) is 13.2 Å². The second-order valence-electron chi connectivity index (χ2n) is 6.46. The van der Waals surface area contributed by atoms with E-state index in [1.54, 1.807) is 18.7 Å². The maximum atomic E-state index is 11.5. The summed E-state index contributed by atoms with van der Waals surface area (Å²) in [6.45, 7) is 6.12. The molecule has 6 heteroatoms. The van der Waals surface area contributed by atoms with Gasteiger partial charge in [-0.15, -0.1) is 11.8 Å². The van der Waals surface area contributed by atoms with Gasteiger partial charge in [0.1, 0.15) is 5.75 Å². The van der Waals surface area contributed by atoms with Crippen LogP contribution in [0.15, 0.2) is 59.8 Å². The van der Waals surface area contributed by atoms with Gasteiger partial charge < -0.3 is 9.47 Å². The minimum atomic E-state index is -0.361. The standard InChI is InChI=1S/C22H24N2O3S/c1-4-26-21(25)14-27-20-9-8-19(11-16(20)3)28-22(18-12-23-24-13-18)17-7-5-6-15(2)10-17/h5-13,22H,4,14H2,1-3H3,(H,23,24). The van der Waals surface area contributed by atoms with Crippen molar-refractivity contribution in [1.82, 2.24) is 10.2 Å². The Morgan fingerprint density at radius 3 is 2.71 bits per heavy atom. The Morgan fingerprint density at radius 1 is 1.18 bits per heavy atom. The number of H-pyrrole nitrogens is 1. The van der Waals surface area contributed by atoms with Gasteiger partial charge in [0, 0.05) is 16.7 Å². The zero-order valence-electron chi connectivity index (χ0n) is 16.3. The number of aromatic amines is 1. The number of carbonyl (C=O) groups excluding carboxylic acids is 1. The summed E-state index contributed by atoms with van der Waals surface area (Å²) >= 11 is 1.76. The van der Waals surface area contributed by atoms with Crippen molar-refractivity contribution in [2.24, 2.45) is 0 Å². The van der Waals surface area contributed by atoms with E-state index in [1.165, 1.54) is 11.1 Å². The normalized spacial score (nSPS) is 11.8. The summed E-state index contributed by atoms with van der Waals surface area (Å²) in [5.41, 5.74) is 4.55. The molecular weight excluding hydrogens is 372 g/mol. The van der Waals surface area contributed by atoms with Crippen LogP contribution in [-0.4, -0.2) is 29.4 Å². The molecule has 146 valence electrons. The molecule has 0 radical (unpaired) electrons. The van der Waals surface area contributed by atoms with Gasteiger partial charge in [-0.1, -0.05) is 29.8 Å². The minimum absolute atomic E-state index is 0.0812. The maximum absolute atomic E-state index is 11.5. The molecule has 28 heavy (non-hydrogen) atoms. The lowest BCUT2D eigenvalue weighted by atomic mass is 10.1. The van der Waals surface area contributed by atoms with Crippen LogP contribution in [0.25, 0.3) is 0 Å². The first-order valence-electron chi connectivity index (χ1n) is 9.17. The fourth-order valence-electron chi connectivity index (χ4n) is 2.90. The number of carbonyl (C=O) groups is 1. The van der Waals surface area contributed by atoms with Crippen LogP contribution in [0, 0.1) is 13.8 Å². The molecule has 0 aliphatic rings. The summed E-state index contributed by atoms with van der Waals surface area (Å²) in [6, 6.07) is 14.5. The summed E-state index contributed by atoms with van der Waals surface area (Å²) < 4.78 is 10.5. The van der Waals surface area contributed by atoms with Crippen LogP contribution < -0.4 is 4.74 Å². The molecule has 3 aromatic rings. The largest absolute Gasteiger partial charge is 0.482 e. The molecule has 0 amide bonds. The molecule has 0 aliphatic heterocycles. The first-order valence-corrected chi connectivity index (χ1v) is 10.1. The quantitative estimate of drug-likeness (QED) is 0.436. The molecular formula is C22H24N2O3S. The maximum Gasteiger partial charge on any atom is 0.344 e. The van der Waals surface area contributed by atoms with Crippen molar-refractivity contribution in [2.45, 2.75) is 30.9 Å². The molecule has 0 bridgehead atoms. The lowest BCUT2D eigenvalue weighted by Crippen LogP contribution is -2.14. The highest BCUT2D eigenvalue weighted by atomic mass is 32.2. The van der Waals surface area contributed by atoms with Crippen molar-refractivity contribution in [3.8, 4) is 5.75 Å². The monoisotopic (exact) mass is 396 g/mol. The number of nitrogens with one attached hydrogen (secondary N) is 1. The average molecular weight is 397 g/mol. The number of hydrogen-bond donors (Lipinski definition) is 1. The highest BCUT2D eigenvalue weighted by Gasteiger charge is 2.18. The smallest absolute Gasteiger partial charge is 0.344 e. The van der Waals surface area contributed by atoms with Crippen LogP contribution >= 0.6 is 11.8 Å². The number of rotatable bonds is 8. The SMILES string of the molecule is CCOC(=O)COc1ccc(SC(c2cn[nH]c2)c2cccc(C)c2)cc1C. The summed E-state index contributed by atoms with van der Waals surface area (Å²) in [7, 11) is 0. The summed E-state index contributed by atoms with van der Waals surface area (Å²) in [4.78, 5) is 12.6. The van der Waals surface area contributed by atoms with Gasteiger partial charge in [0.05, 0.1) is 18.1 Å². The number of nitrogens with zero attached hydrogens (tertiary/aromatic N) is 1. The number of esters is 1. The third-order valence-corrected chi connectivity index (χ3v) is 5.52. The van der Waals surface area contributed by atoms with Gasteiger partial charge >= 0.3 is 5.97 Å². The van der Waals surface area contributed by atoms with Gasteiger partial charge in [-0.05, 0) is 50.1 Å². The molecule has 0 spiro atoms. The molecule has 1 N–H and O–H groups in total. The van der Waals surface area contributed by atoms with Crippen LogP contribution in [-0.2, 0) is 9.53 Å². The highest BCUT2D eigenvalue weighted by molar-refractivity contribution is 7.99. The lowest BCUT2D eigenvalue weighted by Gasteiger charge is -2.17. The number of hydrogen-bond acceptors (Lipinski definition) is 5. The van der Waals surface area contributed by atoms with Crippen molar-refractivity contribution in [3.63, 3.8) is 0 Å². The number of aromatic nitrogens is 2. The summed E-state index contributed by atoms with van der Waals surface area (Å²) in [6.07, 6.45) is 3.80. The van der Waals surface area contributed by atoms with Crippen molar-refractivity contribution >= 4 is 17.7 Å². The number of benzene rings is 2. The Bertz CT molecular complexity index is 925. The van der Waals surface area contributed by atoms with Crippen molar-refractivity contribution in [1.29, 1.82) is 0 Å². The molecule has 1 aromatic heterocycles. The van der Waals surface area contributed by atoms with Gasteiger partial charge in [-0.25, -0.2) is 4.79 Å². The van der Waals surface area contributed by atoms with E-state index in [9.17, 15) is 4.79 Å². The first kappa shape index (κ1) is 20.0. The topological polar surface area (TPSA) is 64.2 Å². The van der Waals surface area contributed by atoms with Crippen molar-refractivity contribution < 1.29 is 14.3 Å². The minimum Gasteiger partial charge on any atom is -0.482 e. The third kappa shape index (κ3) is 5.16. The molecule has 1 unspecified atom stereocenters. The van der Waals surface area contributed by atoms with Crippen LogP contribution in [0.4, 0.5) is 0 Å². The molecule has 0 saturated carbocycles. The zero-order chi connectivity index (χ0) is 19.9. The van der Waals surface area contributed by atoms with Gasteiger partial charge in [0.15, 0.2) is 6.61 Å². The van der Waals surface area contributed by atoms with Gasteiger partial charge in [-0.2, -0.15) is 5.10 Å². The van der Waals surface area contributed by atoms with Crippen LogP contribution in [0.1, 0.15) is 34.4 Å². The molecule has 1 heterocycles. The summed E-state index contributed by atoms with van der Waals surface area (Å²) in [5, 5.41) is 7.16. The molecule has 0 saturated heterocycles. The molecule has 3 rings (SSSR count).